The molecule has 0 spiro atoms. The summed E-state index contributed by atoms with van der Waals surface area (Å²) < 4.78 is 6.62. The summed E-state index contributed by atoms with van der Waals surface area (Å²) in [5, 5.41) is 14.0. The van der Waals surface area contributed by atoms with Gasteiger partial charge in [-0.3, -0.25) is 15.1 Å². The van der Waals surface area contributed by atoms with E-state index in [9.17, 15) is 14.7 Å². The Bertz CT molecular complexity index is 1730. The van der Waals surface area contributed by atoms with Crippen molar-refractivity contribution in [2.24, 2.45) is 0 Å². The molecule has 6 rings (SSSR count). The number of carbonyl (C=O) groups is 2. The van der Waals surface area contributed by atoms with Crippen molar-refractivity contribution in [1.82, 2.24) is 4.98 Å². The number of hydrogen-bond acceptors (Lipinski definition) is 5. The lowest BCUT2D eigenvalue weighted by Gasteiger charge is -2.16. The van der Waals surface area contributed by atoms with Crippen LogP contribution in [0.3, 0.4) is 0 Å². The average molecular weight is 569 g/mol. The lowest BCUT2D eigenvalue weighted by molar-refractivity contribution is -0.140. The molecule has 2 aromatic heterocycles. The molecule has 0 saturated heterocycles. The number of benzene rings is 3. The first-order valence-electron chi connectivity index (χ1n) is 12.9. The quantitative estimate of drug-likeness (QED) is 0.205. The summed E-state index contributed by atoms with van der Waals surface area (Å²) in [5.74, 6) is -0.755. The molecule has 1 aliphatic carbocycles. The Morgan fingerprint density at radius 2 is 1.62 bits per heavy atom. The Morgan fingerprint density at radius 3 is 2.27 bits per heavy atom. The van der Waals surface area contributed by atoms with Crippen molar-refractivity contribution in [3.05, 3.63) is 107 Å². The molecule has 0 unspecified atom stereocenters. The molecule has 200 valence electrons. The number of carboxylic acid groups (broad SMARTS) is 1. The van der Waals surface area contributed by atoms with E-state index >= 15 is 0 Å². The molecule has 1 fully saturated rings. The van der Waals surface area contributed by atoms with E-state index < -0.39 is 23.6 Å². The molecule has 0 radical (unpaired) electrons. The maximum atomic E-state index is 13.0. The van der Waals surface area contributed by atoms with Crippen LogP contribution >= 0.6 is 22.9 Å². The number of aliphatic carboxylic acids is 1. The highest BCUT2D eigenvalue weighted by Gasteiger charge is 2.51. The molecule has 6 nitrogen and oxygen atoms in total. The van der Waals surface area contributed by atoms with Gasteiger partial charge in [-0.1, -0.05) is 78.3 Å². The van der Waals surface area contributed by atoms with E-state index in [1.54, 1.807) is 36.7 Å². The van der Waals surface area contributed by atoms with Gasteiger partial charge in [0.05, 0.1) is 20.7 Å². The van der Waals surface area contributed by atoms with Crippen LogP contribution in [-0.4, -0.2) is 22.2 Å². The van der Waals surface area contributed by atoms with Gasteiger partial charge in [-0.05, 0) is 54.2 Å². The van der Waals surface area contributed by atoms with Crippen LogP contribution in [0.5, 0.6) is 0 Å². The van der Waals surface area contributed by atoms with Crippen LogP contribution in [0.2, 0.25) is 5.02 Å². The number of nitrogens with zero attached hydrogens (tertiary/aromatic N) is 1. The predicted octanol–water partition coefficient (Wildman–Crippen LogP) is 8.71. The molecule has 1 aliphatic rings. The van der Waals surface area contributed by atoms with Gasteiger partial charge in [-0.25, -0.2) is 4.79 Å². The van der Waals surface area contributed by atoms with Crippen molar-refractivity contribution in [2.75, 3.05) is 5.32 Å². The maximum absolute atomic E-state index is 13.0. The van der Waals surface area contributed by atoms with Crippen molar-refractivity contribution in [3.8, 4) is 21.6 Å². The van der Waals surface area contributed by atoms with Crippen LogP contribution < -0.4 is 5.32 Å². The highest BCUT2D eigenvalue weighted by atomic mass is 35.5. The molecular formula is C32H25ClN2O4S. The molecule has 1 atom stereocenters. The van der Waals surface area contributed by atoms with Crippen LogP contribution in [-0.2, 0) is 14.9 Å². The summed E-state index contributed by atoms with van der Waals surface area (Å²) in [6.45, 7) is 1.79. The number of pyridine rings is 1. The summed E-state index contributed by atoms with van der Waals surface area (Å²) in [5.41, 5.74) is 4.50. The minimum Gasteiger partial charge on any atom is -0.481 e. The third kappa shape index (κ3) is 4.83. The van der Waals surface area contributed by atoms with Crippen LogP contribution in [0.15, 0.2) is 91.3 Å². The summed E-state index contributed by atoms with van der Waals surface area (Å²) in [6.07, 6.45) is 3.75. The normalized spacial score (nSPS) is 14.4. The first-order valence-corrected chi connectivity index (χ1v) is 14.1. The number of carbonyl (C=O) groups excluding carboxylic acids is 1. The minimum absolute atomic E-state index is 0.528. The zero-order chi connectivity index (χ0) is 27.9. The molecule has 0 aliphatic heterocycles. The minimum atomic E-state index is -0.755. The van der Waals surface area contributed by atoms with Crippen molar-refractivity contribution in [2.45, 2.75) is 31.3 Å². The largest absolute Gasteiger partial charge is 0.481 e. The molecule has 40 heavy (non-hydrogen) atoms. The number of amides is 1. The zero-order valence-electron chi connectivity index (χ0n) is 21.6. The Balaban J connectivity index is 1.25. The van der Waals surface area contributed by atoms with Gasteiger partial charge < -0.3 is 9.84 Å². The van der Waals surface area contributed by atoms with E-state index in [1.165, 1.54) is 0 Å². The van der Waals surface area contributed by atoms with E-state index in [0.717, 1.165) is 42.8 Å². The van der Waals surface area contributed by atoms with Gasteiger partial charge in [0.1, 0.15) is 6.10 Å². The van der Waals surface area contributed by atoms with Gasteiger partial charge in [0.15, 0.2) is 0 Å². The first-order chi connectivity index (χ1) is 19.4. The SMILES string of the molecule is C[C@@H](OC(=O)Nc1c(-c2ccc(-c3ccc(C4(C(=O)O)CC4)cc3)cc2)sc2cnccc12)c1ccccc1Cl. The number of nitrogens with one attached hydrogen (secondary N) is 1. The van der Waals surface area contributed by atoms with E-state index in [-0.39, 0.29) is 0 Å². The fourth-order valence-electron chi connectivity index (χ4n) is 4.99. The number of thiophene rings is 1. The summed E-state index contributed by atoms with van der Waals surface area (Å²) in [7, 11) is 0. The van der Waals surface area contributed by atoms with Gasteiger partial charge in [0, 0.05) is 28.4 Å². The monoisotopic (exact) mass is 568 g/mol. The van der Waals surface area contributed by atoms with E-state index in [2.05, 4.69) is 10.3 Å². The number of halogens is 1. The molecule has 1 saturated carbocycles. The predicted molar refractivity (Wildman–Crippen MR) is 159 cm³/mol. The fraction of sp³-hybridized carbons (Fsp3) is 0.156. The number of carboxylic acids is 1. The Kier molecular flexibility index (Phi) is 6.78. The maximum Gasteiger partial charge on any atom is 0.412 e. The average Bonchev–Trinajstić information content (AvgIpc) is 3.71. The van der Waals surface area contributed by atoms with Gasteiger partial charge in [0.2, 0.25) is 0 Å². The van der Waals surface area contributed by atoms with Crippen LogP contribution in [0, 0.1) is 0 Å². The lowest BCUT2D eigenvalue weighted by atomic mass is 9.93. The number of hydrogen-bond donors (Lipinski definition) is 2. The molecule has 0 bridgehead atoms. The van der Waals surface area contributed by atoms with Crippen LogP contribution in [0.1, 0.15) is 37.0 Å². The van der Waals surface area contributed by atoms with Crippen molar-refractivity contribution >= 4 is 50.8 Å². The Morgan fingerprint density at radius 1 is 0.975 bits per heavy atom. The number of rotatable bonds is 7. The van der Waals surface area contributed by atoms with Crippen molar-refractivity contribution in [3.63, 3.8) is 0 Å². The molecule has 2 N–H and O–H groups in total. The standard InChI is InChI=1S/C32H25ClN2O4S/c1-19(24-4-2-3-5-26(24)33)39-31(38)35-28-25-14-17-34-18-27(25)40-29(28)22-8-6-20(7-9-22)21-10-12-23(13-11-21)32(15-16-32)30(36)37/h2-14,17-19H,15-16H2,1H3,(H,35,38)(H,36,37)/t19-/m1/s1. The van der Waals surface area contributed by atoms with Gasteiger partial charge >= 0.3 is 12.1 Å². The molecular weight excluding hydrogens is 544 g/mol. The third-order valence-corrected chi connectivity index (χ3v) is 8.96. The van der Waals surface area contributed by atoms with E-state index in [0.29, 0.717) is 23.6 Å². The van der Waals surface area contributed by atoms with E-state index in [1.807, 2.05) is 72.8 Å². The topological polar surface area (TPSA) is 88.5 Å². The molecule has 1 amide bonds. The molecule has 8 heteroatoms. The third-order valence-electron chi connectivity index (χ3n) is 7.42. The summed E-state index contributed by atoms with van der Waals surface area (Å²) in [4.78, 5) is 29.8. The smallest absolute Gasteiger partial charge is 0.412 e. The number of aromatic nitrogens is 1. The second kappa shape index (κ2) is 10.4. The lowest BCUT2D eigenvalue weighted by Crippen LogP contribution is -2.19. The fourth-order valence-corrected chi connectivity index (χ4v) is 6.41. The van der Waals surface area contributed by atoms with E-state index in [4.69, 9.17) is 16.3 Å². The zero-order valence-corrected chi connectivity index (χ0v) is 23.1. The van der Waals surface area contributed by atoms with Crippen molar-refractivity contribution in [1.29, 1.82) is 0 Å². The second-order valence-corrected chi connectivity index (χ2v) is 11.4. The van der Waals surface area contributed by atoms with Crippen LogP contribution in [0.4, 0.5) is 10.5 Å². The molecule has 3 aromatic carbocycles. The number of fused-ring (bicyclic) bond motifs is 1. The highest BCUT2D eigenvalue weighted by Crippen LogP contribution is 2.49. The first kappa shape index (κ1) is 26.0. The summed E-state index contributed by atoms with van der Waals surface area (Å²) in [6, 6.07) is 25.0. The second-order valence-electron chi connectivity index (χ2n) is 9.91. The van der Waals surface area contributed by atoms with Gasteiger partial charge in [-0.2, -0.15) is 0 Å². The molecule has 5 aromatic rings. The van der Waals surface area contributed by atoms with Crippen molar-refractivity contribution < 1.29 is 19.4 Å². The number of anilines is 1. The molecule has 2 heterocycles. The Hall–Kier alpha value is -4.20. The van der Waals surface area contributed by atoms with Gasteiger partial charge in [-0.15, -0.1) is 11.3 Å². The Labute approximate surface area is 240 Å². The van der Waals surface area contributed by atoms with Gasteiger partial charge in [0.25, 0.3) is 0 Å². The van der Waals surface area contributed by atoms with Crippen LogP contribution in [0.25, 0.3) is 31.7 Å². The highest BCUT2D eigenvalue weighted by molar-refractivity contribution is 7.23. The number of ether oxygens (including phenoxy) is 1. The summed E-state index contributed by atoms with van der Waals surface area (Å²) >= 11 is 7.83.